The summed E-state index contributed by atoms with van der Waals surface area (Å²) >= 11 is 0. The maximum absolute atomic E-state index is 9.36. The number of aliphatic hydroxyl groups excluding tert-OH is 1. The normalized spacial score (nSPS) is 34.6. The minimum atomic E-state index is -0.339. The zero-order valence-electron chi connectivity index (χ0n) is 7.54. The van der Waals surface area contributed by atoms with Crippen molar-refractivity contribution in [3.05, 3.63) is 0 Å². The maximum atomic E-state index is 9.36. The monoisotopic (exact) mass is 158 g/mol. The molecule has 1 aliphatic rings. The first-order valence-corrected chi connectivity index (χ1v) is 4.10. The van der Waals surface area contributed by atoms with Gasteiger partial charge < -0.3 is 10.8 Å². The van der Waals surface area contributed by atoms with Gasteiger partial charge in [-0.15, -0.1) is 0 Å². The molecule has 0 bridgehead atoms. The van der Waals surface area contributed by atoms with Gasteiger partial charge >= 0.3 is 0 Å². The zero-order chi connectivity index (χ0) is 8.65. The molecule has 0 radical (unpaired) electrons. The van der Waals surface area contributed by atoms with Crippen LogP contribution in [0.4, 0.5) is 0 Å². The molecule has 0 amide bonds. The van der Waals surface area contributed by atoms with E-state index < -0.39 is 0 Å². The van der Waals surface area contributed by atoms with Crippen LogP contribution in [0.3, 0.4) is 0 Å². The molecule has 0 aromatic rings. The highest BCUT2D eigenvalue weighted by Crippen LogP contribution is 2.19. The van der Waals surface area contributed by atoms with E-state index in [9.17, 15) is 5.11 Å². The lowest BCUT2D eigenvalue weighted by molar-refractivity contribution is 0.128. The van der Waals surface area contributed by atoms with Crippen LogP contribution in [0.1, 0.15) is 20.8 Å². The lowest BCUT2D eigenvalue weighted by Crippen LogP contribution is -2.40. The lowest BCUT2D eigenvalue weighted by atomic mass is 10.1. The second-order valence-corrected chi connectivity index (χ2v) is 4.31. The molecule has 1 rings (SSSR count). The van der Waals surface area contributed by atoms with Gasteiger partial charge in [0, 0.05) is 24.7 Å². The smallest absolute Gasteiger partial charge is 0.0830 e. The highest BCUT2D eigenvalue weighted by Gasteiger charge is 2.34. The van der Waals surface area contributed by atoms with Crippen LogP contribution in [-0.2, 0) is 0 Å². The molecule has 0 saturated carbocycles. The van der Waals surface area contributed by atoms with Crippen molar-refractivity contribution in [2.24, 2.45) is 5.73 Å². The Bertz CT molecular complexity index is 132. The van der Waals surface area contributed by atoms with E-state index in [4.69, 9.17) is 5.73 Å². The van der Waals surface area contributed by atoms with E-state index >= 15 is 0 Å². The second-order valence-electron chi connectivity index (χ2n) is 4.31. The van der Waals surface area contributed by atoms with Gasteiger partial charge in [-0.25, -0.2) is 0 Å². The maximum Gasteiger partial charge on any atom is 0.0830 e. The van der Waals surface area contributed by atoms with E-state index in [0.717, 1.165) is 6.54 Å². The van der Waals surface area contributed by atoms with E-state index in [1.54, 1.807) is 0 Å². The van der Waals surface area contributed by atoms with Gasteiger partial charge in [-0.05, 0) is 20.8 Å². The molecule has 1 fully saturated rings. The molecule has 0 aliphatic carbocycles. The summed E-state index contributed by atoms with van der Waals surface area (Å²) in [6.07, 6.45) is -0.339. The van der Waals surface area contributed by atoms with Crippen molar-refractivity contribution >= 4 is 0 Å². The highest BCUT2D eigenvalue weighted by atomic mass is 16.3. The predicted octanol–water partition coefficient (Wildman–Crippen LogP) is -0.211. The number of hydrogen-bond donors (Lipinski definition) is 2. The van der Waals surface area contributed by atoms with Crippen LogP contribution < -0.4 is 5.73 Å². The Balaban J connectivity index is 2.54. The fraction of sp³-hybridized carbons (Fsp3) is 1.00. The number of β-amino-alcohol motifs (C(OH)–C–C–N with tert-alkyl or cyclic N) is 1. The van der Waals surface area contributed by atoms with Gasteiger partial charge in [0.15, 0.2) is 0 Å². The SMILES string of the molecule is CC(C)(C)N1C[C@@H](N)[C@H](O)C1. The number of nitrogens with zero attached hydrogens (tertiary/aromatic N) is 1. The fourth-order valence-electron chi connectivity index (χ4n) is 1.36. The van der Waals surface area contributed by atoms with Crippen molar-refractivity contribution in [3.8, 4) is 0 Å². The topological polar surface area (TPSA) is 49.5 Å². The molecule has 3 nitrogen and oxygen atoms in total. The first-order valence-electron chi connectivity index (χ1n) is 4.10. The van der Waals surface area contributed by atoms with Crippen molar-refractivity contribution in [1.29, 1.82) is 0 Å². The van der Waals surface area contributed by atoms with E-state index in [0.29, 0.717) is 6.54 Å². The van der Waals surface area contributed by atoms with Crippen LogP contribution in [0.15, 0.2) is 0 Å². The van der Waals surface area contributed by atoms with Gasteiger partial charge in [-0.1, -0.05) is 0 Å². The number of likely N-dealkylation sites (tertiary alicyclic amines) is 1. The summed E-state index contributed by atoms with van der Waals surface area (Å²) in [5, 5.41) is 9.36. The van der Waals surface area contributed by atoms with Gasteiger partial charge in [-0.2, -0.15) is 0 Å². The Morgan fingerprint density at radius 3 is 2.09 bits per heavy atom. The minimum Gasteiger partial charge on any atom is -0.390 e. The summed E-state index contributed by atoms with van der Waals surface area (Å²) in [5.41, 5.74) is 5.81. The van der Waals surface area contributed by atoms with E-state index in [2.05, 4.69) is 25.7 Å². The summed E-state index contributed by atoms with van der Waals surface area (Å²) in [4.78, 5) is 2.21. The van der Waals surface area contributed by atoms with Gasteiger partial charge in [0.05, 0.1) is 6.10 Å². The van der Waals surface area contributed by atoms with Crippen LogP contribution in [0.2, 0.25) is 0 Å². The summed E-state index contributed by atoms with van der Waals surface area (Å²) in [6.45, 7) is 7.93. The van der Waals surface area contributed by atoms with Gasteiger partial charge in [0.1, 0.15) is 0 Å². The largest absolute Gasteiger partial charge is 0.390 e. The van der Waals surface area contributed by atoms with Crippen LogP contribution in [0.5, 0.6) is 0 Å². The summed E-state index contributed by atoms with van der Waals surface area (Å²) < 4.78 is 0. The van der Waals surface area contributed by atoms with Crippen LogP contribution in [-0.4, -0.2) is 40.8 Å². The third-order valence-electron chi connectivity index (χ3n) is 2.28. The second kappa shape index (κ2) is 2.73. The molecule has 0 unspecified atom stereocenters. The first-order chi connectivity index (χ1) is 4.91. The van der Waals surface area contributed by atoms with E-state index in [1.165, 1.54) is 0 Å². The third kappa shape index (κ3) is 1.92. The van der Waals surface area contributed by atoms with E-state index in [-0.39, 0.29) is 17.7 Å². The molecular weight excluding hydrogens is 140 g/mol. The zero-order valence-corrected chi connectivity index (χ0v) is 7.54. The van der Waals surface area contributed by atoms with Gasteiger partial charge in [0.2, 0.25) is 0 Å². The minimum absolute atomic E-state index is 0.0609. The third-order valence-corrected chi connectivity index (χ3v) is 2.28. The summed E-state index contributed by atoms with van der Waals surface area (Å²) in [7, 11) is 0. The first kappa shape index (κ1) is 8.97. The summed E-state index contributed by atoms with van der Waals surface area (Å²) in [6, 6.07) is -0.0609. The molecule has 3 heteroatoms. The average Bonchev–Trinajstić information content (AvgIpc) is 2.11. The molecular formula is C8H18N2O. The van der Waals surface area contributed by atoms with Crippen LogP contribution >= 0.6 is 0 Å². The standard InChI is InChI=1S/C8H18N2O/c1-8(2,3)10-4-6(9)7(11)5-10/h6-7,11H,4-5,9H2,1-3H3/t6-,7-/m1/s1. The van der Waals surface area contributed by atoms with Crippen LogP contribution in [0, 0.1) is 0 Å². The molecule has 0 spiro atoms. The highest BCUT2D eigenvalue weighted by molar-refractivity contribution is 4.92. The molecule has 66 valence electrons. The molecule has 0 aromatic carbocycles. The Morgan fingerprint density at radius 2 is 1.91 bits per heavy atom. The molecule has 11 heavy (non-hydrogen) atoms. The fourth-order valence-corrected chi connectivity index (χ4v) is 1.36. The van der Waals surface area contributed by atoms with Crippen LogP contribution in [0.25, 0.3) is 0 Å². The quantitative estimate of drug-likeness (QED) is 0.513. The number of nitrogens with two attached hydrogens (primary N) is 1. The molecule has 0 aromatic heterocycles. The van der Waals surface area contributed by atoms with Crippen molar-refractivity contribution < 1.29 is 5.11 Å². The molecule has 1 heterocycles. The number of aliphatic hydroxyl groups is 1. The van der Waals surface area contributed by atoms with Crippen molar-refractivity contribution in [1.82, 2.24) is 4.90 Å². The predicted molar refractivity (Wildman–Crippen MR) is 45.3 cm³/mol. The van der Waals surface area contributed by atoms with Gasteiger partial charge in [-0.3, -0.25) is 4.90 Å². The number of hydrogen-bond acceptors (Lipinski definition) is 3. The van der Waals surface area contributed by atoms with Crippen molar-refractivity contribution in [3.63, 3.8) is 0 Å². The Morgan fingerprint density at radius 1 is 1.36 bits per heavy atom. The Kier molecular flexibility index (Phi) is 2.23. The van der Waals surface area contributed by atoms with Crippen molar-refractivity contribution in [2.45, 2.75) is 38.5 Å². The molecule has 2 atom stereocenters. The lowest BCUT2D eigenvalue weighted by Gasteiger charge is -2.31. The van der Waals surface area contributed by atoms with Gasteiger partial charge in [0.25, 0.3) is 0 Å². The average molecular weight is 158 g/mol. The Labute approximate surface area is 68.2 Å². The summed E-state index contributed by atoms with van der Waals surface area (Å²) in [5.74, 6) is 0. The van der Waals surface area contributed by atoms with E-state index in [1.807, 2.05) is 0 Å². The van der Waals surface area contributed by atoms with Crippen molar-refractivity contribution in [2.75, 3.05) is 13.1 Å². The Hall–Kier alpha value is -0.120. The molecule has 1 saturated heterocycles. The molecule has 1 aliphatic heterocycles. The molecule has 3 N–H and O–H groups in total. The number of rotatable bonds is 0.